The lowest BCUT2D eigenvalue weighted by Crippen LogP contribution is -2.15. The number of nitrogens with one attached hydrogen (secondary N) is 1. The number of nitrogen functional groups attached to an aromatic ring is 1. The summed E-state index contributed by atoms with van der Waals surface area (Å²) in [6.45, 7) is 5.91. The molecule has 0 aromatic heterocycles. The molecule has 2 aromatic carbocycles. The number of carbonyl (C=O) groups is 1. The highest BCUT2D eigenvalue weighted by Gasteiger charge is 2.11. The largest absolute Gasteiger partial charge is 0.397 e. The molecule has 98 valence electrons. The number of anilines is 2. The first-order valence-electron chi connectivity index (χ1n) is 6.22. The van der Waals surface area contributed by atoms with Crippen molar-refractivity contribution < 1.29 is 4.79 Å². The van der Waals surface area contributed by atoms with Gasteiger partial charge in [0.05, 0.1) is 11.4 Å². The van der Waals surface area contributed by atoms with E-state index in [1.165, 1.54) is 0 Å². The summed E-state index contributed by atoms with van der Waals surface area (Å²) in [6, 6.07) is 11.3. The number of benzene rings is 2. The van der Waals surface area contributed by atoms with Gasteiger partial charge < -0.3 is 11.1 Å². The monoisotopic (exact) mass is 254 g/mol. The predicted molar refractivity (Wildman–Crippen MR) is 79.5 cm³/mol. The van der Waals surface area contributed by atoms with Crippen LogP contribution in [0.5, 0.6) is 0 Å². The van der Waals surface area contributed by atoms with Crippen LogP contribution >= 0.6 is 0 Å². The van der Waals surface area contributed by atoms with E-state index in [2.05, 4.69) is 5.32 Å². The summed E-state index contributed by atoms with van der Waals surface area (Å²) in [6.07, 6.45) is 0. The first-order chi connectivity index (χ1) is 8.99. The molecule has 0 aliphatic carbocycles. The molecule has 0 unspecified atom stereocenters. The maximum Gasteiger partial charge on any atom is 0.255 e. The predicted octanol–water partition coefficient (Wildman–Crippen LogP) is 3.45. The van der Waals surface area contributed by atoms with Gasteiger partial charge in [0.1, 0.15) is 0 Å². The normalized spacial score (nSPS) is 10.3. The number of amides is 1. The molecule has 0 saturated heterocycles. The zero-order valence-corrected chi connectivity index (χ0v) is 11.4. The Morgan fingerprint density at radius 2 is 1.84 bits per heavy atom. The first-order valence-corrected chi connectivity index (χ1v) is 6.22. The molecule has 3 nitrogen and oxygen atoms in total. The Morgan fingerprint density at radius 3 is 2.58 bits per heavy atom. The third-order valence-corrected chi connectivity index (χ3v) is 3.31. The van der Waals surface area contributed by atoms with Crippen LogP contribution in [0.15, 0.2) is 36.4 Å². The third kappa shape index (κ3) is 2.76. The molecule has 3 heteroatoms. The van der Waals surface area contributed by atoms with Crippen molar-refractivity contribution >= 4 is 17.3 Å². The molecular weight excluding hydrogens is 236 g/mol. The highest BCUT2D eigenvalue weighted by Crippen LogP contribution is 2.21. The van der Waals surface area contributed by atoms with Crippen molar-refractivity contribution in [2.24, 2.45) is 0 Å². The number of aryl methyl sites for hydroxylation is 2. The van der Waals surface area contributed by atoms with Gasteiger partial charge in [0.25, 0.3) is 5.91 Å². The molecule has 0 heterocycles. The molecule has 0 aliphatic rings. The van der Waals surface area contributed by atoms with Gasteiger partial charge in [-0.1, -0.05) is 18.2 Å². The molecule has 0 saturated carbocycles. The molecule has 0 atom stereocenters. The van der Waals surface area contributed by atoms with Crippen molar-refractivity contribution in [1.29, 1.82) is 0 Å². The van der Waals surface area contributed by atoms with Crippen LogP contribution in [-0.4, -0.2) is 5.91 Å². The molecule has 2 rings (SSSR count). The SMILES string of the molecule is Cc1ccc(N)c(NC(=O)c2cccc(C)c2C)c1. The number of hydrogen-bond donors (Lipinski definition) is 2. The summed E-state index contributed by atoms with van der Waals surface area (Å²) in [5.74, 6) is -0.126. The molecule has 0 fully saturated rings. The molecule has 3 N–H and O–H groups in total. The summed E-state index contributed by atoms with van der Waals surface area (Å²) < 4.78 is 0. The van der Waals surface area contributed by atoms with Crippen molar-refractivity contribution in [3.63, 3.8) is 0 Å². The molecule has 0 bridgehead atoms. The van der Waals surface area contributed by atoms with Gasteiger partial charge in [-0.2, -0.15) is 0 Å². The van der Waals surface area contributed by atoms with E-state index in [1.807, 2.05) is 51.1 Å². The van der Waals surface area contributed by atoms with E-state index < -0.39 is 0 Å². The minimum absolute atomic E-state index is 0.126. The maximum absolute atomic E-state index is 12.3. The van der Waals surface area contributed by atoms with Gasteiger partial charge in [0.15, 0.2) is 0 Å². The Hall–Kier alpha value is -2.29. The van der Waals surface area contributed by atoms with Crippen molar-refractivity contribution in [2.45, 2.75) is 20.8 Å². The van der Waals surface area contributed by atoms with Crippen molar-refractivity contribution in [3.8, 4) is 0 Å². The van der Waals surface area contributed by atoms with E-state index in [4.69, 9.17) is 5.73 Å². The van der Waals surface area contributed by atoms with Crippen molar-refractivity contribution in [1.82, 2.24) is 0 Å². The number of hydrogen-bond acceptors (Lipinski definition) is 2. The average Bonchev–Trinajstić information content (AvgIpc) is 2.37. The van der Waals surface area contributed by atoms with Crippen LogP contribution in [0.1, 0.15) is 27.0 Å². The lowest BCUT2D eigenvalue weighted by molar-refractivity contribution is 0.102. The molecule has 0 radical (unpaired) electrons. The highest BCUT2D eigenvalue weighted by molar-refractivity contribution is 6.06. The molecule has 2 aromatic rings. The summed E-state index contributed by atoms with van der Waals surface area (Å²) in [4.78, 5) is 12.3. The van der Waals surface area contributed by atoms with Gasteiger partial charge in [0, 0.05) is 5.56 Å². The van der Waals surface area contributed by atoms with E-state index in [0.717, 1.165) is 16.7 Å². The van der Waals surface area contributed by atoms with Crippen LogP contribution in [0.3, 0.4) is 0 Å². The molecule has 0 spiro atoms. The topological polar surface area (TPSA) is 55.1 Å². The number of carbonyl (C=O) groups excluding carboxylic acids is 1. The van der Waals surface area contributed by atoms with Crippen LogP contribution in [0.25, 0.3) is 0 Å². The maximum atomic E-state index is 12.3. The molecule has 0 aliphatic heterocycles. The van der Waals surface area contributed by atoms with Gasteiger partial charge in [-0.05, 0) is 55.7 Å². The van der Waals surface area contributed by atoms with E-state index in [9.17, 15) is 4.79 Å². The van der Waals surface area contributed by atoms with E-state index in [-0.39, 0.29) is 5.91 Å². The molecule has 1 amide bonds. The van der Waals surface area contributed by atoms with Crippen LogP contribution < -0.4 is 11.1 Å². The Balaban J connectivity index is 2.31. The fourth-order valence-electron chi connectivity index (χ4n) is 1.97. The number of rotatable bonds is 2. The second kappa shape index (κ2) is 5.14. The van der Waals surface area contributed by atoms with Gasteiger partial charge in [-0.3, -0.25) is 4.79 Å². The quantitative estimate of drug-likeness (QED) is 0.806. The highest BCUT2D eigenvalue weighted by atomic mass is 16.1. The minimum Gasteiger partial charge on any atom is -0.397 e. The smallest absolute Gasteiger partial charge is 0.255 e. The summed E-state index contributed by atoms with van der Waals surface area (Å²) in [7, 11) is 0. The van der Waals surface area contributed by atoms with Crippen molar-refractivity contribution in [2.75, 3.05) is 11.1 Å². The zero-order valence-electron chi connectivity index (χ0n) is 11.4. The van der Waals surface area contributed by atoms with Gasteiger partial charge in [-0.25, -0.2) is 0 Å². The lowest BCUT2D eigenvalue weighted by atomic mass is 10.0. The Bertz CT molecular complexity index is 633. The van der Waals surface area contributed by atoms with Crippen LogP contribution in [0.2, 0.25) is 0 Å². The van der Waals surface area contributed by atoms with E-state index >= 15 is 0 Å². The third-order valence-electron chi connectivity index (χ3n) is 3.31. The fourth-order valence-corrected chi connectivity index (χ4v) is 1.97. The number of nitrogens with two attached hydrogens (primary N) is 1. The van der Waals surface area contributed by atoms with Gasteiger partial charge in [0.2, 0.25) is 0 Å². The summed E-state index contributed by atoms with van der Waals surface area (Å²) >= 11 is 0. The van der Waals surface area contributed by atoms with Crippen molar-refractivity contribution in [3.05, 3.63) is 58.7 Å². The van der Waals surface area contributed by atoms with Crippen LogP contribution in [-0.2, 0) is 0 Å². The molecule has 19 heavy (non-hydrogen) atoms. The second-order valence-electron chi connectivity index (χ2n) is 4.79. The van der Waals surface area contributed by atoms with Crippen LogP contribution in [0, 0.1) is 20.8 Å². The lowest BCUT2D eigenvalue weighted by Gasteiger charge is -2.11. The summed E-state index contributed by atoms with van der Waals surface area (Å²) in [5.41, 5.74) is 10.9. The van der Waals surface area contributed by atoms with Gasteiger partial charge in [-0.15, -0.1) is 0 Å². The Morgan fingerprint density at radius 1 is 1.11 bits per heavy atom. The fraction of sp³-hybridized carbons (Fsp3) is 0.188. The average molecular weight is 254 g/mol. The molecular formula is C16H18N2O. The Labute approximate surface area is 113 Å². The minimum atomic E-state index is -0.126. The summed E-state index contributed by atoms with van der Waals surface area (Å²) in [5, 5.41) is 2.87. The second-order valence-corrected chi connectivity index (χ2v) is 4.79. The van der Waals surface area contributed by atoms with Gasteiger partial charge >= 0.3 is 0 Å². The standard InChI is InChI=1S/C16H18N2O/c1-10-7-8-14(17)15(9-10)18-16(19)13-6-4-5-11(2)12(13)3/h4-9H,17H2,1-3H3,(H,18,19). The first kappa shape index (κ1) is 13.1. The van der Waals surface area contributed by atoms with E-state index in [1.54, 1.807) is 6.07 Å². The Kier molecular flexibility index (Phi) is 3.56. The zero-order chi connectivity index (χ0) is 14.0. The van der Waals surface area contributed by atoms with E-state index in [0.29, 0.717) is 16.9 Å². The van der Waals surface area contributed by atoms with Crippen LogP contribution in [0.4, 0.5) is 11.4 Å².